The molecule has 2 atom stereocenters. The fraction of sp³-hybridized carbons (Fsp3) is 0.350. The van der Waals surface area contributed by atoms with E-state index in [0.29, 0.717) is 18.7 Å². The summed E-state index contributed by atoms with van der Waals surface area (Å²) in [6, 6.07) is 5.63. The van der Waals surface area contributed by atoms with E-state index in [1.807, 2.05) is 12.1 Å². The fourth-order valence-electron chi connectivity index (χ4n) is 3.68. The summed E-state index contributed by atoms with van der Waals surface area (Å²) in [6.07, 6.45) is 5.71. The number of hydrogen-bond donors (Lipinski definition) is 0. The van der Waals surface area contributed by atoms with E-state index in [0.717, 1.165) is 12.0 Å². The molecule has 0 bridgehead atoms. The van der Waals surface area contributed by atoms with Crippen LogP contribution in [0.3, 0.4) is 0 Å². The molecule has 0 aromatic heterocycles. The van der Waals surface area contributed by atoms with Gasteiger partial charge in [0.15, 0.2) is 5.84 Å². The zero-order valence-electron chi connectivity index (χ0n) is 16.7. The van der Waals surface area contributed by atoms with Gasteiger partial charge < -0.3 is 13.8 Å². The summed E-state index contributed by atoms with van der Waals surface area (Å²) >= 11 is 0. The van der Waals surface area contributed by atoms with Crippen LogP contribution < -0.4 is 4.90 Å². The van der Waals surface area contributed by atoms with Gasteiger partial charge >= 0.3 is 21.6 Å². The van der Waals surface area contributed by atoms with E-state index in [-0.39, 0.29) is 11.4 Å². The third kappa shape index (κ3) is 4.01. The normalized spacial score (nSPS) is 22.8. The zero-order chi connectivity index (χ0) is 23.1. The number of amidine groups is 1. The molecule has 0 amide bonds. The van der Waals surface area contributed by atoms with E-state index in [2.05, 4.69) is 14.2 Å². The second kappa shape index (κ2) is 8.08. The largest absolute Gasteiger partial charge is 0.534 e. The van der Waals surface area contributed by atoms with Gasteiger partial charge in [0.25, 0.3) is 5.90 Å². The first-order chi connectivity index (χ1) is 15.1. The number of benzene rings is 1. The molecule has 0 N–H and O–H groups in total. The number of aryl methyl sites for hydroxylation is 1. The molecule has 32 heavy (non-hydrogen) atoms. The van der Waals surface area contributed by atoms with Gasteiger partial charge in [-0.1, -0.05) is 24.3 Å². The molecule has 1 aromatic carbocycles. The van der Waals surface area contributed by atoms with Crippen LogP contribution in [0.1, 0.15) is 12.0 Å². The molecule has 2 aliphatic heterocycles. The highest BCUT2D eigenvalue weighted by Gasteiger charge is 2.50. The SMILES string of the molecule is COC(=O)C1=CC2N=C(N3CCCc4ccccc43)C(OS(=O)(=O)C(F)(F)F)=NC2C=C1. The molecule has 4 rings (SSSR count). The highest BCUT2D eigenvalue weighted by Crippen LogP contribution is 2.32. The number of aliphatic imine (C=N–C) groups is 2. The molecule has 12 heteroatoms. The second-order valence-corrected chi connectivity index (χ2v) is 8.75. The molecule has 0 saturated heterocycles. The maximum absolute atomic E-state index is 13.0. The van der Waals surface area contributed by atoms with Gasteiger partial charge in [-0.25, -0.2) is 9.79 Å². The van der Waals surface area contributed by atoms with E-state index < -0.39 is 39.6 Å². The maximum atomic E-state index is 13.0. The Morgan fingerprint density at radius 2 is 1.94 bits per heavy atom. The van der Waals surface area contributed by atoms with Crippen LogP contribution in [0, 0.1) is 0 Å². The lowest BCUT2D eigenvalue weighted by Crippen LogP contribution is -2.47. The number of ether oxygens (including phenoxy) is 1. The summed E-state index contributed by atoms with van der Waals surface area (Å²) < 4.78 is 71.7. The van der Waals surface area contributed by atoms with Gasteiger partial charge in [0, 0.05) is 12.2 Å². The van der Waals surface area contributed by atoms with Crippen LogP contribution in [-0.2, 0) is 30.3 Å². The third-order valence-corrected chi connectivity index (χ3v) is 6.11. The van der Waals surface area contributed by atoms with Crippen LogP contribution in [-0.4, -0.2) is 57.4 Å². The summed E-state index contributed by atoms with van der Waals surface area (Å²) in [5.41, 5.74) is -3.83. The summed E-state index contributed by atoms with van der Waals surface area (Å²) in [5, 5.41) is 0. The van der Waals surface area contributed by atoms with Crippen LogP contribution in [0.25, 0.3) is 0 Å². The Balaban J connectivity index is 1.79. The summed E-state index contributed by atoms with van der Waals surface area (Å²) in [6.45, 7) is 0.366. The van der Waals surface area contributed by atoms with Crippen molar-refractivity contribution >= 4 is 33.5 Å². The molecule has 1 aromatic rings. The number of halogens is 3. The Hall–Kier alpha value is -3.15. The predicted octanol–water partition coefficient (Wildman–Crippen LogP) is 2.52. The van der Waals surface area contributed by atoms with Crippen LogP contribution in [0.5, 0.6) is 0 Å². The van der Waals surface area contributed by atoms with Gasteiger partial charge in [0.2, 0.25) is 0 Å². The number of hydrogen-bond acceptors (Lipinski definition) is 8. The molecule has 0 spiro atoms. The predicted molar refractivity (Wildman–Crippen MR) is 110 cm³/mol. The van der Waals surface area contributed by atoms with Crippen molar-refractivity contribution in [1.82, 2.24) is 0 Å². The highest BCUT2D eigenvalue weighted by atomic mass is 32.2. The number of fused-ring (bicyclic) bond motifs is 2. The van der Waals surface area contributed by atoms with Crippen molar-refractivity contribution in [3.05, 3.63) is 53.6 Å². The molecule has 8 nitrogen and oxygen atoms in total. The highest BCUT2D eigenvalue weighted by molar-refractivity contribution is 7.88. The van der Waals surface area contributed by atoms with Crippen molar-refractivity contribution in [1.29, 1.82) is 0 Å². The molecule has 0 saturated carbocycles. The number of esters is 1. The van der Waals surface area contributed by atoms with Crippen LogP contribution >= 0.6 is 0 Å². The van der Waals surface area contributed by atoms with Crippen molar-refractivity contribution in [3.8, 4) is 0 Å². The molecule has 170 valence electrons. The van der Waals surface area contributed by atoms with E-state index in [1.165, 1.54) is 25.3 Å². The van der Waals surface area contributed by atoms with Gasteiger partial charge in [-0.3, -0.25) is 4.99 Å². The van der Waals surface area contributed by atoms with Gasteiger partial charge in [-0.15, -0.1) is 0 Å². The average Bonchev–Trinajstić information content (AvgIpc) is 2.76. The minimum Gasteiger partial charge on any atom is -0.465 e. The first-order valence-electron chi connectivity index (χ1n) is 9.61. The number of rotatable bonds is 2. The Morgan fingerprint density at radius 1 is 1.19 bits per heavy atom. The lowest BCUT2D eigenvalue weighted by Gasteiger charge is -2.35. The Morgan fingerprint density at radius 3 is 2.66 bits per heavy atom. The number of carbonyl (C=O) groups is 1. The van der Waals surface area contributed by atoms with Gasteiger partial charge in [0.05, 0.1) is 24.8 Å². The summed E-state index contributed by atoms with van der Waals surface area (Å²) in [4.78, 5) is 22.0. The first-order valence-corrected chi connectivity index (χ1v) is 11.0. The smallest absolute Gasteiger partial charge is 0.465 e. The van der Waals surface area contributed by atoms with Crippen LogP contribution in [0.4, 0.5) is 18.9 Å². The minimum absolute atomic E-state index is 0.151. The maximum Gasteiger partial charge on any atom is 0.534 e. The fourth-order valence-corrected chi connectivity index (χ4v) is 4.10. The molecular weight excluding hydrogens is 451 g/mol. The molecule has 0 radical (unpaired) electrons. The number of methoxy groups -OCH3 is 1. The number of anilines is 1. The molecular formula is C20H18F3N3O5S. The standard InChI is InChI=1S/C20H18F3N3O5S/c1-30-19(27)13-8-9-14-15(11-13)24-17(18(25-14)31-32(28,29)20(21,22)23)26-10-4-6-12-5-2-3-7-16(12)26/h2-3,5,7-9,11,14-15H,4,6,10H2,1H3. The van der Waals surface area contributed by atoms with E-state index in [1.54, 1.807) is 17.0 Å². The molecule has 1 aliphatic carbocycles. The number of nitrogens with zero attached hydrogens (tertiary/aromatic N) is 3. The van der Waals surface area contributed by atoms with Crippen LogP contribution in [0.15, 0.2) is 58.1 Å². The average molecular weight is 469 g/mol. The number of alkyl halides is 3. The third-order valence-electron chi connectivity index (χ3n) is 5.16. The molecule has 0 fully saturated rings. The lowest BCUT2D eigenvalue weighted by atomic mass is 9.97. The quantitative estimate of drug-likeness (QED) is 0.375. The minimum atomic E-state index is -5.96. The molecule has 2 unspecified atom stereocenters. The van der Waals surface area contributed by atoms with Crippen molar-refractivity contribution in [2.75, 3.05) is 18.6 Å². The summed E-state index contributed by atoms with van der Waals surface area (Å²) in [5.74, 6) is -1.51. The first kappa shape index (κ1) is 22.1. The molecule has 2 heterocycles. The summed E-state index contributed by atoms with van der Waals surface area (Å²) in [7, 11) is -4.75. The van der Waals surface area contributed by atoms with Gasteiger partial charge in [-0.05, 0) is 36.6 Å². The Kier molecular flexibility index (Phi) is 5.57. The van der Waals surface area contributed by atoms with Gasteiger partial charge in [-0.2, -0.15) is 21.6 Å². The van der Waals surface area contributed by atoms with Gasteiger partial charge in [0.1, 0.15) is 0 Å². The van der Waals surface area contributed by atoms with E-state index in [9.17, 15) is 26.4 Å². The number of para-hydroxylation sites is 1. The Labute approximate surface area is 181 Å². The molecule has 3 aliphatic rings. The van der Waals surface area contributed by atoms with Crippen molar-refractivity contribution < 1.29 is 35.3 Å². The second-order valence-electron chi connectivity index (χ2n) is 7.21. The van der Waals surface area contributed by atoms with Crippen molar-refractivity contribution in [3.63, 3.8) is 0 Å². The number of carbonyl (C=O) groups excluding carboxylic acids is 1. The lowest BCUT2D eigenvalue weighted by molar-refractivity contribution is -0.135. The van der Waals surface area contributed by atoms with Crippen molar-refractivity contribution in [2.24, 2.45) is 9.98 Å². The van der Waals surface area contributed by atoms with E-state index >= 15 is 0 Å². The zero-order valence-corrected chi connectivity index (χ0v) is 17.6. The van der Waals surface area contributed by atoms with E-state index in [4.69, 9.17) is 4.74 Å². The van der Waals surface area contributed by atoms with Crippen molar-refractivity contribution in [2.45, 2.75) is 30.4 Å². The van der Waals surface area contributed by atoms with Crippen LogP contribution in [0.2, 0.25) is 0 Å². The Bertz CT molecular complexity index is 1170. The topological polar surface area (TPSA) is 97.6 Å². The monoisotopic (exact) mass is 469 g/mol.